The zero-order valence-electron chi connectivity index (χ0n) is 17.3. The third-order valence-electron chi connectivity index (χ3n) is 4.70. The van der Waals surface area contributed by atoms with Gasteiger partial charge in [0, 0.05) is 17.3 Å². The average Bonchev–Trinajstić information content (AvgIpc) is 3.36. The number of halogens is 4. The minimum Gasteiger partial charge on any atom is -0.480 e. The van der Waals surface area contributed by atoms with E-state index in [1.807, 2.05) is 0 Å². The monoisotopic (exact) mass is 505 g/mol. The third kappa shape index (κ3) is 4.39. The first kappa shape index (κ1) is 23.5. The molecular formula is C22H15ClF3N5O2S. The van der Waals surface area contributed by atoms with Gasteiger partial charge in [-0.3, -0.25) is 5.41 Å². The van der Waals surface area contributed by atoms with Crippen LogP contribution in [0.2, 0.25) is 5.02 Å². The van der Waals surface area contributed by atoms with E-state index in [-0.39, 0.29) is 28.7 Å². The predicted molar refractivity (Wildman–Crippen MR) is 124 cm³/mol. The van der Waals surface area contributed by atoms with Crippen LogP contribution in [0.25, 0.3) is 11.1 Å². The highest BCUT2D eigenvalue weighted by atomic mass is 35.5. The summed E-state index contributed by atoms with van der Waals surface area (Å²) in [5, 5.41) is 8.45. The van der Waals surface area contributed by atoms with E-state index in [4.69, 9.17) is 31.9 Å². The van der Waals surface area contributed by atoms with Crippen molar-refractivity contribution in [2.24, 2.45) is 0 Å². The van der Waals surface area contributed by atoms with Crippen molar-refractivity contribution in [3.05, 3.63) is 82.9 Å². The van der Waals surface area contributed by atoms with Crippen LogP contribution < -0.4 is 15.2 Å². The van der Waals surface area contributed by atoms with E-state index in [1.165, 1.54) is 37.9 Å². The van der Waals surface area contributed by atoms with Gasteiger partial charge in [0.25, 0.3) is 0 Å². The molecule has 0 unspecified atom stereocenters. The number of nitrogens with zero attached hydrogens (tertiary/aromatic N) is 2. The van der Waals surface area contributed by atoms with E-state index in [1.54, 1.807) is 6.07 Å². The highest BCUT2D eigenvalue weighted by molar-refractivity contribution is 8.00. The molecule has 4 N–H and O–H groups in total. The highest BCUT2D eigenvalue weighted by Gasteiger charge is 2.23. The van der Waals surface area contributed by atoms with Crippen molar-refractivity contribution < 1.29 is 22.3 Å². The highest BCUT2D eigenvalue weighted by Crippen LogP contribution is 2.38. The van der Waals surface area contributed by atoms with E-state index in [0.717, 1.165) is 24.1 Å². The first-order chi connectivity index (χ1) is 16.3. The van der Waals surface area contributed by atoms with Crippen LogP contribution in [0.1, 0.15) is 11.5 Å². The number of aromatic nitrogens is 2. The quantitative estimate of drug-likeness (QED) is 0.162. The molecule has 174 valence electrons. The van der Waals surface area contributed by atoms with Gasteiger partial charge in [0.15, 0.2) is 11.6 Å². The molecule has 0 radical (unpaired) electrons. The van der Waals surface area contributed by atoms with Crippen LogP contribution in [0.5, 0.6) is 5.88 Å². The molecule has 0 saturated carbocycles. The lowest BCUT2D eigenvalue weighted by Gasteiger charge is -2.15. The van der Waals surface area contributed by atoms with E-state index in [0.29, 0.717) is 9.92 Å². The molecule has 7 nitrogen and oxygen atoms in total. The Balaban J connectivity index is 1.69. The Morgan fingerprint density at radius 3 is 2.68 bits per heavy atom. The third-order valence-corrected chi connectivity index (χ3v) is 5.75. The molecule has 0 fully saturated rings. The van der Waals surface area contributed by atoms with Crippen LogP contribution in [0, 0.1) is 22.9 Å². The van der Waals surface area contributed by atoms with Gasteiger partial charge in [-0.15, -0.1) is 0 Å². The number of methoxy groups -OCH3 is 1. The minimum atomic E-state index is -1.09. The van der Waals surface area contributed by atoms with E-state index >= 15 is 8.78 Å². The molecule has 0 atom stereocenters. The Labute approximate surface area is 200 Å². The molecule has 2 aromatic heterocycles. The Morgan fingerprint density at radius 2 is 1.97 bits per heavy atom. The van der Waals surface area contributed by atoms with Gasteiger partial charge in [-0.1, -0.05) is 17.7 Å². The second-order valence-electron chi connectivity index (χ2n) is 6.75. The van der Waals surface area contributed by atoms with Crippen molar-refractivity contribution in [3.63, 3.8) is 0 Å². The van der Waals surface area contributed by atoms with E-state index in [2.05, 4.69) is 14.7 Å². The summed E-state index contributed by atoms with van der Waals surface area (Å²) in [4.78, 5) is 8.29. The van der Waals surface area contributed by atoms with Crippen LogP contribution in [-0.2, 0) is 0 Å². The molecule has 0 spiro atoms. The number of pyridine rings is 1. The normalized spacial score (nSPS) is 10.9. The average molecular weight is 506 g/mol. The molecule has 0 saturated heterocycles. The maximum absolute atomic E-state index is 15.3. The minimum absolute atomic E-state index is 0.0325. The number of anilines is 2. The molecule has 4 rings (SSSR count). The number of nitrogens with two attached hydrogens (primary N) is 1. The summed E-state index contributed by atoms with van der Waals surface area (Å²) < 4.78 is 58.0. The molecule has 2 aromatic carbocycles. The second-order valence-corrected chi connectivity index (χ2v) is 8.03. The second kappa shape index (κ2) is 9.65. The summed E-state index contributed by atoms with van der Waals surface area (Å²) in [5.41, 5.74) is 3.93. The molecule has 0 aliphatic rings. The number of ether oxygens (including phenoxy) is 1. The lowest BCUT2D eigenvalue weighted by atomic mass is 9.98. The Kier molecular flexibility index (Phi) is 6.66. The van der Waals surface area contributed by atoms with Gasteiger partial charge in [-0.2, -0.15) is 0 Å². The smallest absolute Gasteiger partial charge is 0.244 e. The number of oxazole rings is 1. The van der Waals surface area contributed by atoms with Crippen molar-refractivity contribution in [2.75, 3.05) is 17.6 Å². The Bertz CT molecular complexity index is 1390. The van der Waals surface area contributed by atoms with E-state index < -0.39 is 34.3 Å². The molecular weight excluding hydrogens is 491 g/mol. The fraction of sp³-hybridized carbons (Fsp3) is 0.0455. The van der Waals surface area contributed by atoms with Gasteiger partial charge in [-0.25, -0.2) is 23.1 Å². The lowest BCUT2D eigenvalue weighted by molar-refractivity contribution is 0.387. The first-order valence-electron chi connectivity index (χ1n) is 9.49. The summed E-state index contributed by atoms with van der Waals surface area (Å²) in [5.74, 6) is -2.96. The maximum Gasteiger partial charge on any atom is 0.244 e. The van der Waals surface area contributed by atoms with Crippen LogP contribution in [-0.4, -0.2) is 22.8 Å². The molecule has 4 aromatic rings. The van der Waals surface area contributed by atoms with Crippen LogP contribution in [0.4, 0.5) is 24.5 Å². The molecule has 0 aliphatic carbocycles. The van der Waals surface area contributed by atoms with Crippen LogP contribution in [0.3, 0.4) is 0 Å². The van der Waals surface area contributed by atoms with Gasteiger partial charge in [-0.05, 0) is 36.2 Å². The fourth-order valence-corrected chi connectivity index (χ4v) is 4.10. The SMILES string of the molecule is COc1ncc(Cl)cc1SNc1ccc(F)c(-c2ccc(C(=N)c3ncco3)c(N)c2F)c1F. The summed E-state index contributed by atoms with van der Waals surface area (Å²) in [6.07, 6.45) is 3.96. The molecule has 0 bridgehead atoms. The lowest BCUT2D eigenvalue weighted by Crippen LogP contribution is -2.09. The number of nitrogens with one attached hydrogen (secondary N) is 2. The van der Waals surface area contributed by atoms with Gasteiger partial charge in [0.1, 0.15) is 17.8 Å². The number of nitrogen functional groups attached to an aromatic ring is 1. The Hall–Kier alpha value is -3.70. The van der Waals surface area contributed by atoms with Crippen molar-refractivity contribution in [2.45, 2.75) is 4.90 Å². The van der Waals surface area contributed by atoms with Crippen molar-refractivity contribution in [1.29, 1.82) is 5.41 Å². The number of hydrogen-bond acceptors (Lipinski definition) is 8. The molecule has 34 heavy (non-hydrogen) atoms. The van der Waals surface area contributed by atoms with E-state index in [9.17, 15) is 4.39 Å². The summed E-state index contributed by atoms with van der Waals surface area (Å²) >= 11 is 6.88. The fourth-order valence-electron chi connectivity index (χ4n) is 3.09. The maximum atomic E-state index is 15.3. The topological polar surface area (TPSA) is 110 Å². The molecule has 0 aliphatic heterocycles. The van der Waals surface area contributed by atoms with Crippen molar-refractivity contribution in [1.82, 2.24) is 9.97 Å². The molecule has 12 heteroatoms. The number of hydrogen-bond donors (Lipinski definition) is 3. The van der Waals surface area contributed by atoms with Crippen molar-refractivity contribution in [3.8, 4) is 17.0 Å². The molecule has 0 amide bonds. The number of benzene rings is 2. The predicted octanol–water partition coefficient (Wildman–Crippen LogP) is 5.93. The number of rotatable bonds is 7. The first-order valence-corrected chi connectivity index (χ1v) is 10.7. The molecule has 2 heterocycles. The largest absolute Gasteiger partial charge is 0.480 e. The van der Waals surface area contributed by atoms with Crippen molar-refractivity contribution >= 4 is 40.6 Å². The Morgan fingerprint density at radius 1 is 1.18 bits per heavy atom. The van der Waals surface area contributed by atoms with Crippen LogP contribution >= 0.6 is 23.5 Å². The zero-order valence-corrected chi connectivity index (χ0v) is 18.9. The summed E-state index contributed by atoms with van der Waals surface area (Å²) in [6, 6.07) is 6.12. The van der Waals surface area contributed by atoms with Gasteiger partial charge < -0.3 is 19.6 Å². The zero-order chi connectivity index (χ0) is 24.4. The summed E-state index contributed by atoms with van der Waals surface area (Å²) in [6.45, 7) is 0. The van der Waals surface area contributed by atoms with Gasteiger partial charge in [0.05, 0.1) is 40.2 Å². The summed E-state index contributed by atoms with van der Waals surface area (Å²) in [7, 11) is 1.41. The van der Waals surface area contributed by atoms with Gasteiger partial charge >= 0.3 is 0 Å². The van der Waals surface area contributed by atoms with Crippen LogP contribution in [0.15, 0.2) is 58.3 Å². The standard InChI is InChI=1S/C22H15ClF3N5O2S/c1-32-21-15(8-10(23)9-30-21)34-31-14-5-4-13(24)16(18(14)26)11-2-3-12(19(27)17(11)25)20(28)22-29-6-7-33-22/h2-9,28,31H,27H2,1H3. The van der Waals surface area contributed by atoms with Gasteiger partial charge in [0.2, 0.25) is 11.8 Å².